The molecule has 2 heterocycles. The quantitative estimate of drug-likeness (QED) is 0.892. The molecular formula is C16H19FN2O4. The third kappa shape index (κ3) is 3.86. The summed E-state index contributed by atoms with van der Waals surface area (Å²) in [5, 5.41) is 2.80. The topological polar surface area (TPSA) is 67.9 Å². The van der Waals surface area contributed by atoms with Gasteiger partial charge in [0.25, 0.3) is 5.91 Å². The number of hydrogen-bond acceptors (Lipinski definition) is 4. The average molecular weight is 322 g/mol. The van der Waals surface area contributed by atoms with Gasteiger partial charge in [0.1, 0.15) is 18.5 Å². The van der Waals surface area contributed by atoms with Crippen LogP contribution >= 0.6 is 0 Å². The fourth-order valence-electron chi connectivity index (χ4n) is 2.73. The zero-order valence-corrected chi connectivity index (χ0v) is 12.7. The molecule has 2 amide bonds. The van der Waals surface area contributed by atoms with Gasteiger partial charge in [-0.25, -0.2) is 4.39 Å². The minimum absolute atomic E-state index is 0.0577. The Morgan fingerprint density at radius 2 is 2.09 bits per heavy atom. The lowest BCUT2D eigenvalue weighted by Gasteiger charge is -2.33. The van der Waals surface area contributed by atoms with Gasteiger partial charge in [0, 0.05) is 18.8 Å². The maximum absolute atomic E-state index is 13.0. The molecule has 23 heavy (non-hydrogen) atoms. The van der Waals surface area contributed by atoms with Gasteiger partial charge in [0.2, 0.25) is 5.91 Å². The van der Waals surface area contributed by atoms with Crippen molar-refractivity contribution in [3.63, 3.8) is 0 Å². The standard InChI is InChI=1S/C16H19FN2O4/c17-11-3-5-12(6-4-11)19-9-13(23-10-15(19)20)8-18-16(21)14-2-1-7-22-14/h3-6,13-14H,1-2,7-10H2,(H,18,21). The molecule has 0 radical (unpaired) electrons. The number of ether oxygens (including phenoxy) is 2. The van der Waals surface area contributed by atoms with Crippen LogP contribution in [0.25, 0.3) is 0 Å². The van der Waals surface area contributed by atoms with Crippen molar-refractivity contribution in [2.75, 3.05) is 31.2 Å². The predicted molar refractivity (Wildman–Crippen MR) is 80.5 cm³/mol. The van der Waals surface area contributed by atoms with E-state index >= 15 is 0 Å². The first-order valence-electron chi connectivity index (χ1n) is 7.70. The number of morpholine rings is 1. The number of nitrogens with zero attached hydrogens (tertiary/aromatic N) is 1. The van der Waals surface area contributed by atoms with Crippen LogP contribution in [-0.2, 0) is 19.1 Å². The highest BCUT2D eigenvalue weighted by Gasteiger charge is 2.29. The number of anilines is 1. The molecule has 1 N–H and O–H groups in total. The summed E-state index contributed by atoms with van der Waals surface area (Å²) in [4.78, 5) is 25.4. The van der Waals surface area contributed by atoms with Crippen LogP contribution in [0.3, 0.4) is 0 Å². The molecule has 2 saturated heterocycles. The molecule has 6 nitrogen and oxygen atoms in total. The average Bonchev–Trinajstić information content (AvgIpc) is 3.09. The summed E-state index contributed by atoms with van der Waals surface area (Å²) in [5.74, 6) is -0.676. The van der Waals surface area contributed by atoms with Crippen molar-refractivity contribution >= 4 is 17.5 Å². The van der Waals surface area contributed by atoms with Gasteiger partial charge >= 0.3 is 0 Å². The lowest BCUT2D eigenvalue weighted by atomic mass is 10.2. The zero-order valence-electron chi connectivity index (χ0n) is 12.7. The number of rotatable bonds is 4. The summed E-state index contributed by atoms with van der Waals surface area (Å²) in [6, 6.07) is 5.74. The fraction of sp³-hybridized carbons (Fsp3) is 0.500. The van der Waals surface area contributed by atoms with Gasteiger partial charge in [-0.15, -0.1) is 0 Å². The molecule has 2 aliphatic rings. The molecule has 0 bridgehead atoms. The largest absolute Gasteiger partial charge is 0.368 e. The monoisotopic (exact) mass is 322 g/mol. The summed E-state index contributed by atoms with van der Waals surface area (Å²) >= 11 is 0. The van der Waals surface area contributed by atoms with Gasteiger partial charge in [-0.05, 0) is 37.1 Å². The van der Waals surface area contributed by atoms with E-state index < -0.39 is 0 Å². The van der Waals surface area contributed by atoms with Gasteiger partial charge in [-0.1, -0.05) is 0 Å². The van der Waals surface area contributed by atoms with Crippen LogP contribution in [0, 0.1) is 5.82 Å². The van der Waals surface area contributed by atoms with E-state index in [0.29, 0.717) is 25.4 Å². The van der Waals surface area contributed by atoms with Crippen molar-refractivity contribution < 1.29 is 23.5 Å². The SMILES string of the molecule is O=C(NCC1CN(c2ccc(F)cc2)C(=O)CO1)C1CCCO1. The number of halogens is 1. The van der Waals surface area contributed by atoms with Crippen LogP contribution < -0.4 is 10.2 Å². The Labute approximate surface area is 133 Å². The highest BCUT2D eigenvalue weighted by molar-refractivity contribution is 5.95. The Kier molecular flexibility index (Phi) is 4.88. The third-order valence-electron chi connectivity index (χ3n) is 3.99. The highest BCUT2D eigenvalue weighted by Crippen LogP contribution is 2.19. The molecule has 0 spiro atoms. The number of carbonyl (C=O) groups is 2. The molecule has 2 unspecified atom stereocenters. The van der Waals surface area contributed by atoms with Crippen molar-refractivity contribution in [3.8, 4) is 0 Å². The maximum Gasteiger partial charge on any atom is 0.253 e. The second-order valence-electron chi connectivity index (χ2n) is 5.66. The first-order valence-corrected chi connectivity index (χ1v) is 7.70. The molecule has 0 saturated carbocycles. The molecule has 7 heteroatoms. The smallest absolute Gasteiger partial charge is 0.253 e. The van der Waals surface area contributed by atoms with Crippen molar-refractivity contribution in [3.05, 3.63) is 30.1 Å². The van der Waals surface area contributed by atoms with E-state index in [0.717, 1.165) is 12.8 Å². The molecule has 2 fully saturated rings. The van der Waals surface area contributed by atoms with Crippen molar-refractivity contribution in [2.24, 2.45) is 0 Å². The van der Waals surface area contributed by atoms with Crippen LogP contribution in [0.15, 0.2) is 24.3 Å². The molecule has 124 valence electrons. The van der Waals surface area contributed by atoms with E-state index in [-0.39, 0.29) is 36.4 Å². The second-order valence-corrected chi connectivity index (χ2v) is 5.66. The molecule has 2 atom stereocenters. The summed E-state index contributed by atoms with van der Waals surface area (Å²) in [6.45, 7) is 1.18. The summed E-state index contributed by atoms with van der Waals surface area (Å²) in [7, 11) is 0. The molecule has 1 aromatic rings. The minimum Gasteiger partial charge on any atom is -0.368 e. The van der Waals surface area contributed by atoms with E-state index in [1.165, 1.54) is 12.1 Å². The number of amides is 2. The van der Waals surface area contributed by atoms with Crippen LogP contribution in [0.5, 0.6) is 0 Å². The number of benzene rings is 1. The number of carbonyl (C=O) groups excluding carboxylic acids is 2. The van der Waals surface area contributed by atoms with E-state index in [1.807, 2.05) is 0 Å². The van der Waals surface area contributed by atoms with Gasteiger partial charge < -0.3 is 19.7 Å². The lowest BCUT2D eigenvalue weighted by molar-refractivity contribution is -0.132. The normalized spacial score (nSPS) is 24.7. The Morgan fingerprint density at radius 1 is 1.30 bits per heavy atom. The summed E-state index contributed by atoms with van der Waals surface area (Å²) in [5.41, 5.74) is 0.621. The number of hydrogen-bond donors (Lipinski definition) is 1. The van der Waals surface area contributed by atoms with E-state index in [2.05, 4.69) is 5.32 Å². The molecule has 1 aromatic carbocycles. The maximum atomic E-state index is 13.0. The molecule has 0 aromatic heterocycles. The van der Waals surface area contributed by atoms with Gasteiger partial charge in [-0.3, -0.25) is 9.59 Å². The third-order valence-corrected chi connectivity index (χ3v) is 3.99. The fourth-order valence-corrected chi connectivity index (χ4v) is 2.73. The first-order chi connectivity index (χ1) is 11.1. The molecule has 0 aliphatic carbocycles. The lowest BCUT2D eigenvalue weighted by Crippen LogP contribution is -2.51. The summed E-state index contributed by atoms with van der Waals surface area (Å²) < 4.78 is 23.8. The zero-order chi connectivity index (χ0) is 16.2. The Hall–Kier alpha value is -1.99. The molecule has 2 aliphatic heterocycles. The van der Waals surface area contributed by atoms with Crippen molar-refractivity contribution in [2.45, 2.75) is 25.0 Å². The minimum atomic E-state index is -0.381. The van der Waals surface area contributed by atoms with E-state index in [4.69, 9.17) is 9.47 Å². The highest BCUT2D eigenvalue weighted by atomic mass is 19.1. The van der Waals surface area contributed by atoms with Crippen LogP contribution in [0.4, 0.5) is 10.1 Å². The van der Waals surface area contributed by atoms with Crippen LogP contribution in [-0.4, -0.2) is 50.3 Å². The van der Waals surface area contributed by atoms with Gasteiger partial charge in [0.15, 0.2) is 0 Å². The van der Waals surface area contributed by atoms with Gasteiger partial charge in [-0.2, -0.15) is 0 Å². The summed E-state index contributed by atoms with van der Waals surface area (Å²) in [6.07, 6.45) is 0.944. The Bertz CT molecular complexity index is 572. The Morgan fingerprint density at radius 3 is 2.78 bits per heavy atom. The van der Waals surface area contributed by atoms with Crippen molar-refractivity contribution in [1.29, 1.82) is 0 Å². The van der Waals surface area contributed by atoms with Crippen LogP contribution in [0.2, 0.25) is 0 Å². The number of nitrogens with one attached hydrogen (secondary N) is 1. The van der Waals surface area contributed by atoms with E-state index in [1.54, 1.807) is 17.0 Å². The second kappa shape index (κ2) is 7.06. The van der Waals surface area contributed by atoms with Gasteiger partial charge in [0.05, 0.1) is 12.6 Å². The van der Waals surface area contributed by atoms with Crippen molar-refractivity contribution in [1.82, 2.24) is 5.32 Å². The predicted octanol–water partition coefficient (Wildman–Crippen LogP) is 0.853. The first kappa shape index (κ1) is 15.9. The molecule has 3 rings (SSSR count). The molecular weight excluding hydrogens is 303 g/mol. The van der Waals surface area contributed by atoms with E-state index in [9.17, 15) is 14.0 Å². The Balaban J connectivity index is 1.56. The van der Waals surface area contributed by atoms with Crippen LogP contribution in [0.1, 0.15) is 12.8 Å².